The first-order chi connectivity index (χ1) is 26.1. The van der Waals surface area contributed by atoms with Gasteiger partial charge < -0.3 is 19.1 Å². The van der Waals surface area contributed by atoms with Gasteiger partial charge in [-0.05, 0) is 118 Å². The number of nitrogens with zero attached hydrogens (tertiary/aromatic N) is 2. The number of carboxylic acid groups (broad SMARTS) is 1. The highest BCUT2D eigenvalue weighted by molar-refractivity contribution is 5.86. The van der Waals surface area contributed by atoms with Crippen LogP contribution in [0.15, 0.2) is 115 Å². The second-order valence-electron chi connectivity index (χ2n) is 16.3. The summed E-state index contributed by atoms with van der Waals surface area (Å²) in [6.45, 7) is 10.6. The third-order valence-electron chi connectivity index (χ3n) is 12.3. The van der Waals surface area contributed by atoms with E-state index in [0.29, 0.717) is 24.2 Å². The summed E-state index contributed by atoms with van der Waals surface area (Å²) in [7, 11) is 0. The van der Waals surface area contributed by atoms with Crippen molar-refractivity contribution in [2.24, 2.45) is 11.3 Å². The Morgan fingerprint density at radius 3 is 2.35 bits per heavy atom. The van der Waals surface area contributed by atoms with Crippen LogP contribution >= 0.6 is 0 Å². The van der Waals surface area contributed by atoms with Gasteiger partial charge in [0.05, 0.1) is 11.0 Å². The van der Waals surface area contributed by atoms with Crippen LogP contribution in [0.1, 0.15) is 81.5 Å². The fraction of sp³-hybridized carbons (Fsp3) is 0.333. The molecule has 54 heavy (non-hydrogen) atoms. The van der Waals surface area contributed by atoms with Gasteiger partial charge in [-0.2, -0.15) is 0 Å². The Balaban J connectivity index is 1.17. The molecule has 0 radical (unpaired) electrons. The van der Waals surface area contributed by atoms with Crippen molar-refractivity contribution < 1.29 is 19.4 Å². The number of carboxylic acids is 1. The van der Waals surface area contributed by atoms with Gasteiger partial charge in [0.2, 0.25) is 0 Å². The zero-order chi connectivity index (χ0) is 37.5. The number of aryl methyl sites for hydroxylation is 1. The molecule has 1 aromatic heterocycles. The predicted octanol–water partition coefficient (Wildman–Crippen LogP) is 11.2. The van der Waals surface area contributed by atoms with Crippen LogP contribution in [0.3, 0.4) is 0 Å². The van der Waals surface area contributed by atoms with Gasteiger partial charge in [-0.15, -0.1) is 0 Å². The van der Waals surface area contributed by atoms with E-state index in [1.165, 1.54) is 24.8 Å². The van der Waals surface area contributed by atoms with Crippen molar-refractivity contribution in [3.8, 4) is 34.0 Å². The Labute approximate surface area is 318 Å². The van der Waals surface area contributed by atoms with Crippen LogP contribution in [0.5, 0.6) is 11.5 Å². The highest BCUT2D eigenvalue weighted by Crippen LogP contribution is 2.58. The number of rotatable bonds is 11. The third kappa shape index (κ3) is 6.90. The fourth-order valence-corrected chi connectivity index (χ4v) is 9.62. The summed E-state index contributed by atoms with van der Waals surface area (Å²) in [5, 5.41) is 9.30. The smallest absolute Gasteiger partial charge is 0.341 e. The summed E-state index contributed by atoms with van der Waals surface area (Å²) >= 11 is 0. The van der Waals surface area contributed by atoms with E-state index in [2.05, 4.69) is 99.0 Å². The molecule has 276 valence electrons. The van der Waals surface area contributed by atoms with Crippen molar-refractivity contribution >= 4 is 17.0 Å². The molecule has 0 aliphatic heterocycles. The maximum absolute atomic E-state index is 11.3. The monoisotopic (exact) mass is 718 g/mol. The Morgan fingerprint density at radius 1 is 0.833 bits per heavy atom. The van der Waals surface area contributed by atoms with Gasteiger partial charge >= 0.3 is 5.97 Å². The summed E-state index contributed by atoms with van der Waals surface area (Å²) < 4.78 is 14.3. The van der Waals surface area contributed by atoms with E-state index in [-0.39, 0.29) is 10.8 Å². The van der Waals surface area contributed by atoms with Crippen LogP contribution < -0.4 is 9.47 Å². The molecule has 1 saturated carbocycles. The molecule has 0 bridgehead atoms. The van der Waals surface area contributed by atoms with Gasteiger partial charge in [0.15, 0.2) is 6.61 Å². The minimum absolute atomic E-state index is 0.0320. The lowest BCUT2D eigenvalue weighted by Gasteiger charge is -2.56. The van der Waals surface area contributed by atoms with Crippen LogP contribution in [0.25, 0.3) is 33.5 Å². The molecule has 6 nitrogen and oxygen atoms in total. The molecular formula is C48H50N2O4. The van der Waals surface area contributed by atoms with E-state index in [0.717, 1.165) is 64.2 Å². The zero-order valence-electron chi connectivity index (χ0n) is 31.8. The zero-order valence-corrected chi connectivity index (χ0v) is 31.8. The maximum Gasteiger partial charge on any atom is 0.341 e. The minimum atomic E-state index is -1.00. The summed E-state index contributed by atoms with van der Waals surface area (Å²) in [5.41, 5.74) is 10.9. The van der Waals surface area contributed by atoms with Gasteiger partial charge in [-0.25, -0.2) is 9.78 Å². The number of ether oxygens (including phenoxy) is 2. The fourth-order valence-electron chi connectivity index (χ4n) is 9.62. The first kappa shape index (κ1) is 35.7. The van der Waals surface area contributed by atoms with Gasteiger partial charge in [-0.1, -0.05) is 113 Å². The van der Waals surface area contributed by atoms with Crippen LogP contribution in [-0.2, 0) is 29.8 Å². The van der Waals surface area contributed by atoms with E-state index < -0.39 is 12.6 Å². The van der Waals surface area contributed by atoms with Crippen molar-refractivity contribution in [2.45, 2.75) is 84.3 Å². The highest BCUT2D eigenvalue weighted by Gasteiger charge is 2.52. The quantitative estimate of drug-likeness (QED) is 0.144. The van der Waals surface area contributed by atoms with Gasteiger partial charge in [0, 0.05) is 12.1 Å². The summed E-state index contributed by atoms with van der Waals surface area (Å²) in [6.07, 6.45) is 5.83. The van der Waals surface area contributed by atoms with Crippen molar-refractivity contribution in [1.82, 2.24) is 9.55 Å². The average molecular weight is 719 g/mol. The van der Waals surface area contributed by atoms with E-state index in [4.69, 9.17) is 14.5 Å². The normalized spacial score (nSPS) is 20.7. The molecule has 3 atom stereocenters. The molecule has 0 unspecified atom stereocenters. The minimum Gasteiger partial charge on any atom is -0.489 e. The van der Waals surface area contributed by atoms with Crippen LogP contribution in [-0.4, -0.2) is 27.2 Å². The molecule has 1 fully saturated rings. The second-order valence-corrected chi connectivity index (χ2v) is 16.3. The summed E-state index contributed by atoms with van der Waals surface area (Å²) in [4.78, 5) is 16.7. The molecular weight excluding hydrogens is 669 g/mol. The molecule has 0 amide bonds. The molecule has 1 N–H and O–H groups in total. The van der Waals surface area contributed by atoms with Crippen LogP contribution in [0.2, 0.25) is 0 Å². The standard InChI is InChI=1S/C48H50N2O4/c1-32(2)34-17-20-41-37(25-34)19-22-44-47(3,23-10-24-48(41,44)4)31-50-43-21-18-36(35-13-8-15-39(26-35)53-29-33-11-6-5-7-12-33)28-42(43)49-46(50)38-14-9-16-40(27-38)54-30-45(51)52/h5-9,11-18,20-21,25-28,32,44H,10,19,22-24,29-31H2,1-4H3,(H,51,52)/t44-,47+,48+/m0/s1. The number of aromatic nitrogens is 2. The maximum atomic E-state index is 11.3. The van der Waals surface area contributed by atoms with Crippen LogP contribution in [0, 0.1) is 11.3 Å². The van der Waals surface area contributed by atoms with Crippen molar-refractivity contribution in [3.05, 3.63) is 138 Å². The van der Waals surface area contributed by atoms with E-state index in [9.17, 15) is 9.90 Å². The molecule has 5 aromatic carbocycles. The summed E-state index contributed by atoms with van der Waals surface area (Å²) in [6, 6.07) is 40.1. The first-order valence-electron chi connectivity index (χ1n) is 19.5. The van der Waals surface area contributed by atoms with Crippen LogP contribution in [0.4, 0.5) is 0 Å². The summed E-state index contributed by atoms with van der Waals surface area (Å²) in [5.74, 6) is 2.25. The van der Waals surface area contributed by atoms with E-state index in [1.54, 1.807) is 11.1 Å². The third-order valence-corrected chi connectivity index (χ3v) is 12.3. The number of imidazole rings is 1. The molecule has 1 heterocycles. The van der Waals surface area contributed by atoms with Gasteiger partial charge in [-0.3, -0.25) is 0 Å². The number of fused-ring (bicyclic) bond motifs is 4. The number of aliphatic carboxylic acids is 1. The molecule has 0 spiro atoms. The van der Waals surface area contributed by atoms with Crippen molar-refractivity contribution in [3.63, 3.8) is 0 Å². The predicted molar refractivity (Wildman–Crippen MR) is 216 cm³/mol. The Hall–Kier alpha value is -5.36. The average Bonchev–Trinajstić information content (AvgIpc) is 3.53. The molecule has 2 aliphatic rings. The Bertz CT molecular complexity index is 2310. The molecule has 0 saturated heterocycles. The Kier molecular flexibility index (Phi) is 9.55. The number of benzene rings is 5. The number of hydrogen-bond donors (Lipinski definition) is 1. The Morgan fingerprint density at radius 2 is 1.57 bits per heavy atom. The van der Waals surface area contributed by atoms with Crippen molar-refractivity contribution in [1.29, 1.82) is 0 Å². The topological polar surface area (TPSA) is 73.6 Å². The van der Waals surface area contributed by atoms with Gasteiger partial charge in [0.1, 0.15) is 23.9 Å². The molecule has 2 aliphatic carbocycles. The van der Waals surface area contributed by atoms with E-state index >= 15 is 0 Å². The lowest BCUT2D eigenvalue weighted by Crippen LogP contribution is -2.50. The van der Waals surface area contributed by atoms with Gasteiger partial charge in [0.25, 0.3) is 0 Å². The second kappa shape index (κ2) is 14.5. The molecule has 6 heteroatoms. The highest BCUT2D eigenvalue weighted by atomic mass is 16.5. The molecule has 8 rings (SSSR count). The lowest BCUT2D eigenvalue weighted by atomic mass is 9.49. The van der Waals surface area contributed by atoms with E-state index in [1.807, 2.05) is 48.5 Å². The SMILES string of the molecule is CC(C)c1ccc2c(c1)CC[C@H]1[C@@](C)(Cn3c(-c4cccc(OCC(=O)O)c4)nc4cc(-c5cccc(OCc6ccccc6)c5)ccc43)CCC[C@]21C. The lowest BCUT2D eigenvalue weighted by molar-refractivity contribution is -0.139. The van der Waals surface area contributed by atoms with Crippen molar-refractivity contribution in [2.75, 3.05) is 6.61 Å². The number of carbonyl (C=O) groups is 1. The number of hydrogen-bond acceptors (Lipinski definition) is 4. The molecule has 6 aromatic rings. The largest absolute Gasteiger partial charge is 0.489 e. The first-order valence-corrected chi connectivity index (χ1v) is 19.5.